The number of esters is 1. The first kappa shape index (κ1) is 20.8. The van der Waals surface area contributed by atoms with E-state index >= 15 is 0 Å². The lowest BCUT2D eigenvalue weighted by molar-refractivity contribution is -0.168. The minimum atomic E-state index is -0.369. The molecule has 2 saturated carbocycles. The Bertz CT molecular complexity index is 900. The van der Waals surface area contributed by atoms with Crippen molar-refractivity contribution in [1.29, 1.82) is 0 Å². The summed E-state index contributed by atoms with van der Waals surface area (Å²) in [6.45, 7) is 9.19. The molecule has 0 radical (unpaired) electrons. The van der Waals surface area contributed by atoms with Gasteiger partial charge in [-0.25, -0.2) is 0 Å². The maximum absolute atomic E-state index is 13.3. The Hall–Kier alpha value is -1.79. The highest BCUT2D eigenvalue weighted by Crippen LogP contribution is 2.66. The molecule has 1 aromatic carbocycles. The normalized spacial score (nSPS) is 43.2. The smallest absolute Gasteiger partial charge is 0.311 e. The van der Waals surface area contributed by atoms with Gasteiger partial charge >= 0.3 is 5.97 Å². The molecule has 0 amide bonds. The Balaban J connectivity index is 1.17. The number of carbonyl (C=O) groups is 1. The first-order valence-electron chi connectivity index (χ1n) is 12.5. The number of benzene rings is 1. The number of carbonyl (C=O) groups excluding carboxylic acids is 1. The molecule has 2 aliphatic carbocycles. The molecular weight excluding hydrogens is 404 g/mol. The van der Waals surface area contributed by atoms with Crippen LogP contribution in [0.3, 0.4) is 0 Å². The molecule has 5 fully saturated rings. The number of piperazine rings is 1. The monoisotopic (exact) mass is 440 g/mol. The molecule has 1 spiro atoms. The highest BCUT2D eigenvalue weighted by atomic mass is 16.7. The predicted octanol–water partition coefficient (Wildman–Crippen LogP) is 3.34. The average molecular weight is 441 g/mol. The number of methoxy groups -OCH3 is 1. The number of hydrogen-bond donors (Lipinski definition) is 0. The third kappa shape index (κ3) is 2.95. The van der Waals surface area contributed by atoms with Gasteiger partial charge in [0, 0.05) is 44.6 Å². The number of ether oxygens (including phenoxy) is 3. The van der Waals surface area contributed by atoms with Crippen molar-refractivity contribution in [1.82, 2.24) is 4.90 Å². The van der Waals surface area contributed by atoms with Gasteiger partial charge in [-0.1, -0.05) is 19.1 Å². The molecular formula is C26H36N2O4. The van der Waals surface area contributed by atoms with E-state index in [0.717, 1.165) is 63.4 Å². The fourth-order valence-electron chi connectivity index (χ4n) is 7.60. The van der Waals surface area contributed by atoms with Crippen LogP contribution in [0.25, 0.3) is 0 Å². The second-order valence-corrected chi connectivity index (χ2v) is 11.0. The van der Waals surface area contributed by atoms with E-state index < -0.39 is 0 Å². The van der Waals surface area contributed by atoms with Gasteiger partial charge in [-0.05, 0) is 50.7 Å². The van der Waals surface area contributed by atoms with Crippen LogP contribution in [-0.4, -0.2) is 68.0 Å². The number of anilines is 1. The third-order valence-corrected chi connectivity index (χ3v) is 9.34. The van der Waals surface area contributed by atoms with Gasteiger partial charge in [0.1, 0.15) is 17.5 Å². The zero-order valence-corrected chi connectivity index (χ0v) is 19.6. The summed E-state index contributed by atoms with van der Waals surface area (Å²) in [4.78, 5) is 18.1. The molecule has 6 heteroatoms. The van der Waals surface area contributed by atoms with E-state index in [9.17, 15) is 4.79 Å². The summed E-state index contributed by atoms with van der Waals surface area (Å²) in [6, 6.07) is 8.23. The van der Waals surface area contributed by atoms with Gasteiger partial charge in [-0.15, -0.1) is 0 Å². The zero-order valence-electron chi connectivity index (χ0n) is 19.6. The molecule has 0 N–H and O–H groups in total. The Morgan fingerprint density at radius 2 is 1.88 bits per heavy atom. The first-order valence-corrected chi connectivity index (χ1v) is 12.5. The molecule has 0 bridgehead atoms. The van der Waals surface area contributed by atoms with Crippen LogP contribution in [0, 0.1) is 23.7 Å². The van der Waals surface area contributed by atoms with Crippen molar-refractivity contribution in [3.8, 4) is 5.75 Å². The van der Waals surface area contributed by atoms with Gasteiger partial charge in [0.2, 0.25) is 0 Å². The van der Waals surface area contributed by atoms with Crippen LogP contribution >= 0.6 is 0 Å². The maximum Gasteiger partial charge on any atom is 0.311 e. The fraction of sp³-hybridized carbons (Fsp3) is 0.731. The van der Waals surface area contributed by atoms with E-state index in [2.05, 4.69) is 35.8 Å². The van der Waals surface area contributed by atoms with E-state index in [1.165, 1.54) is 6.42 Å². The van der Waals surface area contributed by atoms with Crippen LogP contribution in [-0.2, 0) is 14.3 Å². The largest absolute Gasteiger partial charge is 0.495 e. The van der Waals surface area contributed by atoms with Crippen molar-refractivity contribution in [2.75, 3.05) is 44.7 Å². The Kier molecular flexibility index (Phi) is 4.78. The van der Waals surface area contributed by atoms with E-state index in [1.807, 2.05) is 12.1 Å². The highest BCUT2D eigenvalue weighted by molar-refractivity contribution is 5.77. The molecule has 3 heterocycles. The van der Waals surface area contributed by atoms with Crippen LogP contribution in [0.15, 0.2) is 24.3 Å². The van der Waals surface area contributed by atoms with Crippen LogP contribution in [0.5, 0.6) is 5.75 Å². The van der Waals surface area contributed by atoms with Gasteiger partial charge in [-0.2, -0.15) is 0 Å². The number of epoxide rings is 1. The van der Waals surface area contributed by atoms with E-state index in [0.29, 0.717) is 17.8 Å². The second-order valence-electron chi connectivity index (χ2n) is 11.0. The molecule has 0 aromatic heterocycles. The van der Waals surface area contributed by atoms with Crippen molar-refractivity contribution < 1.29 is 19.0 Å². The van der Waals surface area contributed by atoms with Gasteiger partial charge < -0.3 is 19.1 Å². The third-order valence-electron chi connectivity index (χ3n) is 9.34. The predicted molar refractivity (Wildman–Crippen MR) is 122 cm³/mol. The van der Waals surface area contributed by atoms with Crippen LogP contribution in [0.2, 0.25) is 0 Å². The van der Waals surface area contributed by atoms with Crippen LogP contribution < -0.4 is 9.64 Å². The Labute approximate surface area is 191 Å². The minimum absolute atomic E-state index is 0.0191. The average Bonchev–Trinajstić information content (AvgIpc) is 3.44. The van der Waals surface area contributed by atoms with Crippen LogP contribution in [0.1, 0.15) is 39.5 Å². The number of hydrogen-bond acceptors (Lipinski definition) is 6. The van der Waals surface area contributed by atoms with Gasteiger partial charge in [0.25, 0.3) is 0 Å². The summed E-state index contributed by atoms with van der Waals surface area (Å²) in [6.07, 6.45) is 4.63. The second kappa shape index (κ2) is 7.36. The molecule has 3 aliphatic heterocycles. The molecule has 32 heavy (non-hydrogen) atoms. The summed E-state index contributed by atoms with van der Waals surface area (Å²) < 4.78 is 18.2. The highest BCUT2D eigenvalue weighted by Gasteiger charge is 2.77. The van der Waals surface area contributed by atoms with E-state index in [-0.39, 0.29) is 29.2 Å². The molecule has 6 rings (SSSR count). The summed E-state index contributed by atoms with van der Waals surface area (Å²) in [5, 5.41) is 0. The number of rotatable bonds is 4. The van der Waals surface area contributed by atoms with E-state index in [1.54, 1.807) is 7.11 Å². The lowest BCUT2D eigenvalue weighted by Crippen LogP contribution is -2.58. The van der Waals surface area contributed by atoms with Crippen molar-refractivity contribution >= 4 is 11.7 Å². The Morgan fingerprint density at radius 1 is 1.09 bits per heavy atom. The molecule has 3 saturated heterocycles. The van der Waals surface area contributed by atoms with Crippen molar-refractivity contribution in [2.45, 2.75) is 56.8 Å². The number of para-hydroxylation sites is 2. The lowest BCUT2D eigenvalue weighted by atomic mass is 9.55. The van der Waals surface area contributed by atoms with Crippen molar-refractivity contribution in [3.63, 3.8) is 0 Å². The summed E-state index contributed by atoms with van der Waals surface area (Å²) >= 11 is 0. The number of nitrogens with zero attached hydrogens (tertiary/aromatic N) is 2. The Morgan fingerprint density at radius 3 is 2.66 bits per heavy atom. The van der Waals surface area contributed by atoms with Crippen molar-refractivity contribution in [2.24, 2.45) is 23.7 Å². The standard InChI is InChI=1S/C26H36N2O4/c1-17-8-9-20-18(23(29)31-26(20)19(17)10-11-25(2)24(26)32-25)16-27-12-14-28(15-13-27)21-6-4-5-7-22(21)30-3/h4-7,17-20,24H,8-16H2,1-3H3/t17-,18-,19+,20+,24-,25-,26-/m1/s1. The molecule has 1 aromatic rings. The minimum Gasteiger partial charge on any atom is -0.495 e. The zero-order chi connectivity index (χ0) is 22.1. The van der Waals surface area contributed by atoms with Crippen LogP contribution in [0.4, 0.5) is 5.69 Å². The van der Waals surface area contributed by atoms with Crippen molar-refractivity contribution in [3.05, 3.63) is 24.3 Å². The van der Waals surface area contributed by atoms with E-state index in [4.69, 9.17) is 14.2 Å². The quantitative estimate of drug-likeness (QED) is 0.529. The fourth-order valence-corrected chi connectivity index (χ4v) is 7.60. The number of fused-ring (bicyclic) bond motifs is 1. The molecule has 5 aliphatic rings. The topological polar surface area (TPSA) is 54.5 Å². The summed E-state index contributed by atoms with van der Waals surface area (Å²) in [7, 11) is 1.73. The molecule has 7 atom stereocenters. The van der Waals surface area contributed by atoms with Gasteiger partial charge in [0.15, 0.2) is 0 Å². The van der Waals surface area contributed by atoms with Gasteiger partial charge in [0.05, 0.1) is 24.3 Å². The summed E-state index contributed by atoms with van der Waals surface area (Å²) in [5.41, 5.74) is 0.720. The van der Waals surface area contributed by atoms with Gasteiger partial charge in [-0.3, -0.25) is 9.69 Å². The maximum atomic E-state index is 13.3. The molecule has 0 unspecified atom stereocenters. The molecule has 6 nitrogen and oxygen atoms in total. The summed E-state index contributed by atoms with van der Waals surface area (Å²) in [5.74, 6) is 2.30. The SMILES string of the molecule is COc1ccccc1N1CCN(C[C@H]2C(=O)O[C@@]34[C@@H](CC[C@@]5(C)O[C@@H]35)[C@H](C)CC[C@@H]24)CC1. The first-order chi connectivity index (χ1) is 15.5. The molecule has 174 valence electrons. The lowest BCUT2D eigenvalue weighted by Gasteiger charge is -2.50.